The van der Waals surface area contributed by atoms with Crippen LogP contribution in [0, 0.1) is 0 Å². The van der Waals surface area contributed by atoms with Crippen molar-refractivity contribution in [1.82, 2.24) is 15.2 Å². The van der Waals surface area contributed by atoms with Crippen LogP contribution < -0.4 is 5.32 Å². The van der Waals surface area contributed by atoms with Crippen LogP contribution in [0.5, 0.6) is 0 Å². The predicted molar refractivity (Wildman–Crippen MR) is 81.1 cm³/mol. The molecule has 1 aromatic heterocycles. The number of hydrogen-bond acceptors (Lipinski definition) is 1. The quantitative estimate of drug-likeness (QED) is 0.832. The lowest BCUT2D eigenvalue weighted by Gasteiger charge is -2.28. The normalized spacial score (nSPS) is 14.7. The number of fused-ring (bicyclic) bond motifs is 3. The lowest BCUT2D eigenvalue weighted by Crippen LogP contribution is -2.45. The Labute approximate surface area is 123 Å². The SMILES string of the molecule is CC(C)NC(=O)N1CCc2[nH]c3ccc(Cl)cc3c2C1. The summed E-state index contributed by atoms with van der Waals surface area (Å²) in [6.07, 6.45) is 0.854. The second kappa shape index (κ2) is 5.02. The molecule has 1 aromatic carbocycles. The van der Waals surface area contributed by atoms with Gasteiger partial charge in [-0.05, 0) is 32.0 Å². The lowest BCUT2D eigenvalue weighted by atomic mass is 10.0. The first-order valence-electron chi connectivity index (χ1n) is 6.89. The van der Waals surface area contributed by atoms with E-state index >= 15 is 0 Å². The molecule has 2 heterocycles. The number of carbonyl (C=O) groups is 1. The van der Waals surface area contributed by atoms with E-state index in [0.717, 1.165) is 28.9 Å². The Bertz CT molecular complexity index is 662. The molecular weight excluding hydrogens is 274 g/mol. The van der Waals surface area contributed by atoms with E-state index in [0.29, 0.717) is 6.54 Å². The van der Waals surface area contributed by atoms with Gasteiger partial charge in [0.05, 0.1) is 0 Å². The predicted octanol–water partition coefficient (Wildman–Crippen LogP) is 3.30. The maximum Gasteiger partial charge on any atom is 0.317 e. The molecular formula is C15H18ClN3O. The second-order valence-electron chi connectivity index (χ2n) is 5.55. The monoisotopic (exact) mass is 291 g/mol. The molecule has 0 bridgehead atoms. The maximum absolute atomic E-state index is 12.1. The van der Waals surface area contributed by atoms with Gasteiger partial charge in [0.2, 0.25) is 0 Å². The van der Waals surface area contributed by atoms with E-state index in [1.165, 1.54) is 11.3 Å². The van der Waals surface area contributed by atoms with Crippen LogP contribution in [0.4, 0.5) is 4.79 Å². The summed E-state index contributed by atoms with van der Waals surface area (Å²) in [5.41, 5.74) is 3.49. The first-order valence-corrected chi connectivity index (χ1v) is 7.27. The molecule has 4 nitrogen and oxygen atoms in total. The molecule has 0 spiro atoms. The number of nitrogens with one attached hydrogen (secondary N) is 2. The van der Waals surface area contributed by atoms with Gasteiger partial charge in [0.1, 0.15) is 0 Å². The van der Waals surface area contributed by atoms with Crippen molar-refractivity contribution in [3.05, 3.63) is 34.5 Å². The number of benzene rings is 1. The Morgan fingerprint density at radius 3 is 3.00 bits per heavy atom. The van der Waals surface area contributed by atoms with Gasteiger partial charge in [0.25, 0.3) is 0 Å². The molecule has 0 aliphatic carbocycles. The molecule has 0 atom stereocenters. The van der Waals surface area contributed by atoms with E-state index < -0.39 is 0 Å². The third kappa shape index (κ3) is 2.36. The maximum atomic E-state index is 12.1. The van der Waals surface area contributed by atoms with Gasteiger partial charge in [0.15, 0.2) is 0 Å². The summed E-state index contributed by atoms with van der Waals surface area (Å²) in [7, 11) is 0. The molecule has 0 saturated heterocycles. The van der Waals surface area contributed by atoms with E-state index in [1.54, 1.807) is 0 Å². The molecule has 0 fully saturated rings. The Balaban J connectivity index is 1.92. The summed E-state index contributed by atoms with van der Waals surface area (Å²) >= 11 is 6.08. The number of aromatic amines is 1. The molecule has 2 amide bonds. The summed E-state index contributed by atoms with van der Waals surface area (Å²) in [6.45, 7) is 5.32. The van der Waals surface area contributed by atoms with Crippen LogP contribution in [0.2, 0.25) is 5.02 Å². The largest absolute Gasteiger partial charge is 0.358 e. The Hall–Kier alpha value is -1.68. The topological polar surface area (TPSA) is 48.1 Å². The number of halogens is 1. The molecule has 2 aromatic rings. The van der Waals surface area contributed by atoms with Crippen molar-refractivity contribution in [2.45, 2.75) is 32.9 Å². The minimum Gasteiger partial charge on any atom is -0.358 e. The van der Waals surface area contributed by atoms with Crippen LogP contribution in [0.1, 0.15) is 25.1 Å². The van der Waals surface area contributed by atoms with E-state index in [2.05, 4.69) is 10.3 Å². The first kappa shape index (κ1) is 13.3. The van der Waals surface area contributed by atoms with Crippen LogP contribution >= 0.6 is 11.6 Å². The van der Waals surface area contributed by atoms with Gasteiger partial charge in [-0.25, -0.2) is 4.79 Å². The van der Waals surface area contributed by atoms with Gasteiger partial charge >= 0.3 is 6.03 Å². The third-order valence-electron chi connectivity index (χ3n) is 3.64. The molecule has 0 saturated carbocycles. The van der Waals surface area contributed by atoms with Crippen molar-refractivity contribution in [3.8, 4) is 0 Å². The highest BCUT2D eigenvalue weighted by Gasteiger charge is 2.24. The van der Waals surface area contributed by atoms with Crippen LogP contribution in [0.15, 0.2) is 18.2 Å². The molecule has 20 heavy (non-hydrogen) atoms. The van der Waals surface area contributed by atoms with Crippen molar-refractivity contribution >= 4 is 28.5 Å². The van der Waals surface area contributed by atoms with Crippen molar-refractivity contribution in [1.29, 1.82) is 0 Å². The number of urea groups is 1. The van der Waals surface area contributed by atoms with Crippen molar-refractivity contribution in [3.63, 3.8) is 0 Å². The average molecular weight is 292 g/mol. The van der Waals surface area contributed by atoms with Crippen LogP contribution in [0.3, 0.4) is 0 Å². The molecule has 106 valence electrons. The number of H-pyrrole nitrogens is 1. The standard InChI is InChI=1S/C15H18ClN3O/c1-9(2)17-15(20)19-6-5-14-12(8-19)11-7-10(16)3-4-13(11)18-14/h3-4,7,9,18H,5-6,8H2,1-2H3,(H,17,20). The zero-order valence-corrected chi connectivity index (χ0v) is 12.4. The third-order valence-corrected chi connectivity index (χ3v) is 3.87. The molecule has 5 heteroatoms. The fourth-order valence-corrected chi connectivity index (χ4v) is 2.87. The number of aromatic nitrogens is 1. The van der Waals surface area contributed by atoms with Crippen molar-refractivity contribution in [2.24, 2.45) is 0 Å². The van der Waals surface area contributed by atoms with Gasteiger partial charge < -0.3 is 15.2 Å². The molecule has 1 aliphatic rings. The summed E-state index contributed by atoms with van der Waals surface area (Å²) < 4.78 is 0. The molecule has 3 rings (SSSR count). The number of rotatable bonds is 1. The van der Waals surface area contributed by atoms with E-state index in [1.807, 2.05) is 36.9 Å². The number of nitrogens with zero attached hydrogens (tertiary/aromatic N) is 1. The number of amides is 2. The molecule has 0 radical (unpaired) electrons. The zero-order valence-electron chi connectivity index (χ0n) is 11.7. The molecule has 0 unspecified atom stereocenters. The number of hydrogen-bond donors (Lipinski definition) is 2. The summed E-state index contributed by atoms with van der Waals surface area (Å²) in [6, 6.07) is 6.00. The van der Waals surface area contributed by atoms with E-state index in [4.69, 9.17) is 11.6 Å². The fraction of sp³-hybridized carbons (Fsp3) is 0.400. The van der Waals surface area contributed by atoms with Gasteiger partial charge in [-0.1, -0.05) is 11.6 Å². The Morgan fingerprint density at radius 1 is 1.45 bits per heavy atom. The van der Waals surface area contributed by atoms with E-state index in [9.17, 15) is 4.79 Å². The highest BCUT2D eigenvalue weighted by atomic mass is 35.5. The molecule has 2 N–H and O–H groups in total. The minimum absolute atomic E-state index is 0.00188. The van der Waals surface area contributed by atoms with Gasteiger partial charge in [0, 0.05) is 52.7 Å². The van der Waals surface area contributed by atoms with Gasteiger partial charge in [-0.3, -0.25) is 0 Å². The van der Waals surface area contributed by atoms with Gasteiger partial charge in [-0.2, -0.15) is 0 Å². The highest BCUT2D eigenvalue weighted by Crippen LogP contribution is 2.29. The summed E-state index contributed by atoms with van der Waals surface area (Å²) in [5.74, 6) is 0. The second-order valence-corrected chi connectivity index (χ2v) is 5.98. The Morgan fingerprint density at radius 2 is 2.25 bits per heavy atom. The smallest absolute Gasteiger partial charge is 0.317 e. The summed E-state index contributed by atoms with van der Waals surface area (Å²) in [5, 5.41) is 4.79. The van der Waals surface area contributed by atoms with Crippen LogP contribution in [-0.2, 0) is 13.0 Å². The van der Waals surface area contributed by atoms with Crippen LogP contribution in [0.25, 0.3) is 10.9 Å². The fourth-order valence-electron chi connectivity index (χ4n) is 2.70. The van der Waals surface area contributed by atoms with Crippen molar-refractivity contribution < 1.29 is 4.79 Å². The zero-order chi connectivity index (χ0) is 14.3. The molecule has 1 aliphatic heterocycles. The van der Waals surface area contributed by atoms with Crippen LogP contribution in [-0.4, -0.2) is 28.5 Å². The first-order chi connectivity index (χ1) is 9.54. The summed E-state index contributed by atoms with van der Waals surface area (Å²) in [4.78, 5) is 17.4. The van der Waals surface area contributed by atoms with Crippen molar-refractivity contribution in [2.75, 3.05) is 6.54 Å². The Kier molecular flexibility index (Phi) is 3.34. The number of carbonyl (C=O) groups excluding carboxylic acids is 1. The minimum atomic E-state index is 0.00188. The van der Waals surface area contributed by atoms with Gasteiger partial charge in [-0.15, -0.1) is 0 Å². The lowest BCUT2D eigenvalue weighted by molar-refractivity contribution is 0.190. The van der Waals surface area contributed by atoms with E-state index in [-0.39, 0.29) is 12.1 Å². The highest BCUT2D eigenvalue weighted by molar-refractivity contribution is 6.31. The average Bonchev–Trinajstić information content (AvgIpc) is 2.75.